The zero-order chi connectivity index (χ0) is 19.3. The van der Waals surface area contributed by atoms with E-state index in [4.69, 9.17) is 16.3 Å². The summed E-state index contributed by atoms with van der Waals surface area (Å²) in [4.78, 5) is 23.6. The van der Waals surface area contributed by atoms with Crippen molar-refractivity contribution in [2.24, 2.45) is 0 Å². The van der Waals surface area contributed by atoms with Crippen LogP contribution in [0.1, 0.15) is 17.3 Å². The van der Waals surface area contributed by atoms with E-state index in [-0.39, 0.29) is 16.1 Å². The Balaban J connectivity index is 2.27. The molecule has 2 aromatic rings. The highest BCUT2D eigenvalue weighted by Gasteiger charge is 2.23. The molecule has 0 spiro atoms. The van der Waals surface area contributed by atoms with Crippen LogP contribution in [0.5, 0.6) is 0 Å². The van der Waals surface area contributed by atoms with E-state index in [2.05, 4.69) is 9.46 Å². The van der Waals surface area contributed by atoms with Crippen LogP contribution >= 0.6 is 11.6 Å². The molecular formula is C17H16ClNO6S. The zero-order valence-corrected chi connectivity index (χ0v) is 15.5. The summed E-state index contributed by atoms with van der Waals surface area (Å²) in [6.07, 6.45) is -1.13. The Bertz CT molecular complexity index is 911. The first kappa shape index (κ1) is 19.7. The van der Waals surface area contributed by atoms with Gasteiger partial charge in [-0.15, -0.1) is 0 Å². The van der Waals surface area contributed by atoms with E-state index < -0.39 is 28.1 Å². The molecule has 0 unspecified atom stereocenters. The fraction of sp³-hybridized carbons (Fsp3) is 0.176. The predicted octanol–water partition coefficient (Wildman–Crippen LogP) is 2.86. The number of carbonyl (C=O) groups excluding carboxylic acids is 2. The van der Waals surface area contributed by atoms with Crippen molar-refractivity contribution in [3.8, 4) is 0 Å². The summed E-state index contributed by atoms with van der Waals surface area (Å²) in [5.41, 5.74) is -0.0229. The van der Waals surface area contributed by atoms with Crippen LogP contribution in [-0.4, -0.2) is 33.6 Å². The highest BCUT2D eigenvalue weighted by atomic mass is 35.5. The van der Waals surface area contributed by atoms with Crippen LogP contribution in [0.3, 0.4) is 0 Å². The second-order valence-corrected chi connectivity index (χ2v) is 7.29. The minimum atomic E-state index is -3.94. The number of carbonyl (C=O) groups is 2. The quantitative estimate of drug-likeness (QED) is 0.752. The molecule has 0 aliphatic rings. The second-order valence-electron chi connectivity index (χ2n) is 5.18. The summed E-state index contributed by atoms with van der Waals surface area (Å²) in [7, 11) is -2.78. The average molecular weight is 398 g/mol. The number of nitrogens with one attached hydrogen (secondary N) is 1. The van der Waals surface area contributed by atoms with Crippen molar-refractivity contribution in [2.45, 2.75) is 17.9 Å². The maximum Gasteiger partial charge on any atom is 0.346 e. The molecule has 0 aliphatic carbocycles. The molecule has 0 aliphatic heterocycles. The lowest BCUT2D eigenvalue weighted by Crippen LogP contribution is -2.26. The molecule has 0 aromatic heterocycles. The number of hydrogen-bond acceptors (Lipinski definition) is 6. The van der Waals surface area contributed by atoms with Crippen LogP contribution in [-0.2, 0) is 24.3 Å². The number of anilines is 1. The molecule has 2 aromatic carbocycles. The fourth-order valence-electron chi connectivity index (χ4n) is 2.01. The summed E-state index contributed by atoms with van der Waals surface area (Å²) >= 11 is 5.76. The molecule has 0 saturated carbocycles. The summed E-state index contributed by atoms with van der Waals surface area (Å²) in [5, 5.41) is 0.393. The van der Waals surface area contributed by atoms with Crippen LogP contribution in [0.2, 0.25) is 5.02 Å². The van der Waals surface area contributed by atoms with Crippen molar-refractivity contribution < 1.29 is 27.5 Å². The lowest BCUT2D eigenvalue weighted by molar-refractivity contribution is -0.149. The normalized spacial score (nSPS) is 12.1. The van der Waals surface area contributed by atoms with Crippen molar-refractivity contribution >= 4 is 39.3 Å². The lowest BCUT2D eigenvalue weighted by atomic mass is 10.2. The Morgan fingerprint density at radius 1 is 1.08 bits per heavy atom. The van der Waals surface area contributed by atoms with Crippen molar-refractivity contribution in [2.75, 3.05) is 11.8 Å². The Kier molecular flexibility index (Phi) is 6.23. The van der Waals surface area contributed by atoms with Gasteiger partial charge in [-0.05, 0) is 43.3 Å². The Morgan fingerprint density at radius 2 is 1.69 bits per heavy atom. The van der Waals surface area contributed by atoms with E-state index in [0.717, 1.165) is 0 Å². The number of benzene rings is 2. The molecule has 1 N–H and O–H groups in total. The van der Waals surface area contributed by atoms with Crippen molar-refractivity contribution in [3.63, 3.8) is 0 Å². The third-order valence-corrected chi connectivity index (χ3v) is 4.97. The summed E-state index contributed by atoms with van der Waals surface area (Å²) in [5.74, 6) is -1.59. The van der Waals surface area contributed by atoms with Crippen LogP contribution in [0.25, 0.3) is 0 Å². The Morgan fingerprint density at radius 3 is 2.31 bits per heavy atom. The summed E-state index contributed by atoms with van der Waals surface area (Å²) in [6.45, 7) is 1.35. The lowest BCUT2D eigenvalue weighted by Gasteiger charge is -2.14. The van der Waals surface area contributed by atoms with Gasteiger partial charge in [0.05, 0.1) is 23.3 Å². The molecule has 0 amide bonds. The van der Waals surface area contributed by atoms with Gasteiger partial charge >= 0.3 is 11.9 Å². The molecule has 138 valence electrons. The first-order valence-corrected chi connectivity index (χ1v) is 9.27. The third kappa shape index (κ3) is 4.74. The predicted molar refractivity (Wildman–Crippen MR) is 95.6 cm³/mol. The number of rotatable bonds is 6. The molecular weight excluding hydrogens is 382 g/mol. The van der Waals surface area contributed by atoms with Gasteiger partial charge in [0.25, 0.3) is 10.0 Å². The van der Waals surface area contributed by atoms with Gasteiger partial charge < -0.3 is 9.47 Å². The largest absolute Gasteiger partial charge is 0.466 e. The highest BCUT2D eigenvalue weighted by molar-refractivity contribution is 7.92. The van der Waals surface area contributed by atoms with Crippen molar-refractivity contribution in [1.29, 1.82) is 0 Å². The van der Waals surface area contributed by atoms with Gasteiger partial charge in [0.15, 0.2) is 6.10 Å². The minimum absolute atomic E-state index is 0.0181. The number of hydrogen-bond donors (Lipinski definition) is 1. The molecule has 0 saturated heterocycles. The van der Waals surface area contributed by atoms with Crippen molar-refractivity contribution in [3.05, 3.63) is 59.1 Å². The zero-order valence-electron chi connectivity index (χ0n) is 13.9. The van der Waals surface area contributed by atoms with Crippen LogP contribution in [0.4, 0.5) is 5.69 Å². The molecule has 7 nitrogen and oxygen atoms in total. The molecule has 0 heterocycles. The molecule has 1 atom stereocenters. The van der Waals surface area contributed by atoms with E-state index in [1.165, 1.54) is 50.4 Å². The molecule has 2 rings (SSSR count). The molecule has 0 bridgehead atoms. The number of sulfonamides is 1. The number of esters is 2. The van der Waals surface area contributed by atoms with Gasteiger partial charge in [-0.25, -0.2) is 18.0 Å². The van der Waals surface area contributed by atoms with Crippen LogP contribution in [0, 0.1) is 0 Å². The molecule has 9 heteroatoms. The first-order valence-electron chi connectivity index (χ1n) is 7.41. The third-order valence-electron chi connectivity index (χ3n) is 3.33. The number of methoxy groups -OCH3 is 1. The Hall–Kier alpha value is -2.58. The van der Waals surface area contributed by atoms with E-state index in [1.54, 1.807) is 12.1 Å². The average Bonchev–Trinajstić information content (AvgIpc) is 2.61. The second kappa shape index (κ2) is 8.20. The van der Waals surface area contributed by atoms with Crippen LogP contribution in [0.15, 0.2) is 53.4 Å². The van der Waals surface area contributed by atoms with Crippen molar-refractivity contribution in [1.82, 2.24) is 0 Å². The Labute approximate surface area is 155 Å². The summed E-state index contributed by atoms with van der Waals surface area (Å²) < 4.78 is 36.8. The molecule has 0 fully saturated rings. The topological polar surface area (TPSA) is 98.8 Å². The van der Waals surface area contributed by atoms with Gasteiger partial charge in [-0.2, -0.15) is 0 Å². The maximum atomic E-state index is 12.5. The smallest absolute Gasteiger partial charge is 0.346 e. The van der Waals surface area contributed by atoms with Gasteiger partial charge in [-0.3, -0.25) is 4.72 Å². The van der Waals surface area contributed by atoms with Gasteiger partial charge in [0, 0.05) is 5.02 Å². The van der Waals surface area contributed by atoms with E-state index in [9.17, 15) is 18.0 Å². The van der Waals surface area contributed by atoms with Crippen LogP contribution < -0.4 is 4.72 Å². The van der Waals surface area contributed by atoms with E-state index in [1.807, 2.05) is 0 Å². The van der Waals surface area contributed by atoms with E-state index >= 15 is 0 Å². The van der Waals surface area contributed by atoms with Gasteiger partial charge in [0.1, 0.15) is 0 Å². The number of para-hydroxylation sites is 1. The van der Waals surface area contributed by atoms with Gasteiger partial charge in [0.2, 0.25) is 0 Å². The van der Waals surface area contributed by atoms with E-state index in [0.29, 0.717) is 5.02 Å². The molecule has 0 radical (unpaired) electrons. The fourth-order valence-corrected chi connectivity index (χ4v) is 3.21. The SMILES string of the molecule is COC(=O)[C@@H](C)OC(=O)c1ccccc1NS(=O)(=O)c1ccc(Cl)cc1. The summed E-state index contributed by atoms with van der Waals surface area (Å²) in [6, 6.07) is 11.4. The van der Waals surface area contributed by atoms with Gasteiger partial charge in [-0.1, -0.05) is 23.7 Å². The maximum absolute atomic E-state index is 12.5. The first-order chi connectivity index (χ1) is 12.2. The highest BCUT2D eigenvalue weighted by Crippen LogP contribution is 2.22. The standard InChI is InChI=1S/C17H16ClNO6S/c1-11(16(20)24-2)25-17(21)14-5-3-4-6-15(14)19-26(22,23)13-9-7-12(18)8-10-13/h3-11,19H,1-2H3/t11-/m1/s1. The minimum Gasteiger partial charge on any atom is -0.466 e. The monoisotopic (exact) mass is 397 g/mol. The number of ether oxygens (including phenoxy) is 2. The molecule has 26 heavy (non-hydrogen) atoms. The number of halogens is 1.